The first kappa shape index (κ1) is 20.1. The van der Waals surface area contributed by atoms with Gasteiger partial charge in [0.25, 0.3) is 0 Å². The summed E-state index contributed by atoms with van der Waals surface area (Å²) in [5.41, 5.74) is 3.33. The van der Waals surface area contributed by atoms with Gasteiger partial charge >= 0.3 is 5.97 Å². The number of esters is 1. The van der Waals surface area contributed by atoms with Crippen LogP contribution in [-0.4, -0.2) is 25.2 Å². The van der Waals surface area contributed by atoms with E-state index in [1.165, 1.54) is 0 Å². The van der Waals surface area contributed by atoms with Gasteiger partial charge in [0.2, 0.25) is 5.91 Å². The van der Waals surface area contributed by atoms with Crippen molar-refractivity contribution in [3.8, 4) is 0 Å². The van der Waals surface area contributed by atoms with Gasteiger partial charge in [-0.25, -0.2) is 4.79 Å². The molecule has 0 N–H and O–H groups in total. The van der Waals surface area contributed by atoms with Gasteiger partial charge in [-0.1, -0.05) is 19.1 Å². The van der Waals surface area contributed by atoms with Crippen LogP contribution >= 0.6 is 0 Å². The lowest BCUT2D eigenvalue weighted by molar-refractivity contribution is -0.125. The highest BCUT2D eigenvalue weighted by atomic mass is 16.6. The van der Waals surface area contributed by atoms with E-state index in [9.17, 15) is 9.59 Å². The van der Waals surface area contributed by atoms with Crippen LogP contribution in [0.4, 0.5) is 5.69 Å². The first-order chi connectivity index (χ1) is 15.0. The molecule has 1 aliphatic heterocycles. The number of cyclic esters (lactones) is 1. The molecule has 6 nitrogen and oxygen atoms in total. The number of amides is 1. The summed E-state index contributed by atoms with van der Waals surface area (Å²) in [6.45, 7) is 4.49. The Labute approximate surface area is 181 Å². The molecular formula is C25H27NO5. The second-order valence-electron chi connectivity index (χ2n) is 8.90. The Hall–Kier alpha value is -2.86. The Kier molecular flexibility index (Phi) is 4.97. The van der Waals surface area contributed by atoms with Gasteiger partial charge in [-0.3, -0.25) is 9.69 Å². The number of hydrogen-bond donors (Lipinski definition) is 0. The number of nitrogens with zero attached hydrogens (tertiary/aromatic N) is 1. The molecule has 5 rings (SSSR count). The average Bonchev–Trinajstić information content (AvgIpc) is 3.10. The van der Waals surface area contributed by atoms with Crippen LogP contribution in [0.15, 0.2) is 34.7 Å². The van der Waals surface area contributed by atoms with Crippen molar-refractivity contribution in [1.29, 1.82) is 0 Å². The Morgan fingerprint density at radius 1 is 1.06 bits per heavy atom. The molecule has 162 valence electrons. The molecule has 1 atom stereocenters. The molecule has 1 saturated carbocycles. The normalized spacial score (nSPS) is 23.8. The van der Waals surface area contributed by atoms with Gasteiger partial charge in [0.15, 0.2) is 6.23 Å². The van der Waals surface area contributed by atoms with Crippen LogP contribution in [0.3, 0.4) is 0 Å². The highest BCUT2D eigenvalue weighted by Crippen LogP contribution is 2.40. The third-order valence-electron chi connectivity index (χ3n) is 6.69. The first-order valence-electron chi connectivity index (χ1n) is 11.0. The predicted molar refractivity (Wildman–Crippen MR) is 118 cm³/mol. The number of carbonyl (C=O) groups is 2. The summed E-state index contributed by atoms with van der Waals surface area (Å²) in [5.74, 6) is 0.249. The maximum absolute atomic E-state index is 13.5. The zero-order chi connectivity index (χ0) is 21.7. The second kappa shape index (κ2) is 7.68. The van der Waals surface area contributed by atoms with E-state index in [2.05, 4.69) is 6.92 Å². The fourth-order valence-electron chi connectivity index (χ4n) is 4.94. The van der Waals surface area contributed by atoms with Crippen molar-refractivity contribution in [3.63, 3.8) is 0 Å². The molecule has 0 bridgehead atoms. The minimum Gasteiger partial charge on any atom is -0.456 e. The quantitative estimate of drug-likeness (QED) is 0.529. The minimum atomic E-state index is -0.629. The number of furan rings is 1. The van der Waals surface area contributed by atoms with Crippen molar-refractivity contribution in [2.24, 2.45) is 11.8 Å². The van der Waals surface area contributed by atoms with Gasteiger partial charge < -0.3 is 13.9 Å². The number of methoxy groups -OCH3 is 1. The fourth-order valence-corrected chi connectivity index (χ4v) is 4.94. The molecule has 0 saturated heterocycles. The number of anilines is 1. The maximum atomic E-state index is 13.5. The lowest BCUT2D eigenvalue weighted by Gasteiger charge is -2.37. The molecule has 1 unspecified atom stereocenters. The molecule has 1 fully saturated rings. The van der Waals surface area contributed by atoms with Crippen molar-refractivity contribution in [2.75, 3.05) is 12.0 Å². The van der Waals surface area contributed by atoms with E-state index < -0.39 is 12.2 Å². The molecule has 6 heteroatoms. The van der Waals surface area contributed by atoms with Gasteiger partial charge in [-0.2, -0.15) is 0 Å². The summed E-state index contributed by atoms with van der Waals surface area (Å²) in [6.07, 6.45) is 3.24. The standard InChI is InChI=1S/C25H27NO5/c1-14-4-7-17(8-5-14)24(27)26-15(2)30-25(28)20-12-23-19(11-21(20)26)18-9-6-16(13-29-3)10-22(18)31-23/h6,9-12,14-15,17H,4-5,7-8,13H2,1-3H3/t14-,15?,17-. The third kappa shape index (κ3) is 3.39. The van der Waals surface area contributed by atoms with Crippen LogP contribution in [0, 0.1) is 11.8 Å². The van der Waals surface area contributed by atoms with Gasteiger partial charge in [0.1, 0.15) is 11.2 Å². The Morgan fingerprint density at radius 3 is 2.55 bits per heavy atom. The Balaban J connectivity index is 1.61. The molecule has 31 heavy (non-hydrogen) atoms. The summed E-state index contributed by atoms with van der Waals surface area (Å²) in [4.78, 5) is 27.8. The highest BCUT2D eigenvalue weighted by molar-refractivity contribution is 6.13. The van der Waals surface area contributed by atoms with Gasteiger partial charge in [-0.15, -0.1) is 0 Å². The number of rotatable bonds is 3. The van der Waals surface area contributed by atoms with Crippen molar-refractivity contribution >= 4 is 39.5 Å². The van der Waals surface area contributed by atoms with Crippen LogP contribution in [0.5, 0.6) is 0 Å². The van der Waals surface area contributed by atoms with Crippen LogP contribution in [-0.2, 0) is 20.9 Å². The van der Waals surface area contributed by atoms with Crippen molar-refractivity contribution in [1.82, 2.24) is 0 Å². The molecular weight excluding hydrogens is 394 g/mol. The number of fused-ring (bicyclic) bond motifs is 4. The van der Waals surface area contributed by atoms with Gasteiger partial charge in [0, 0.05) is 23.8 Å². The average molecular weight is 421 g/mol. The lowest BCUT2D eigenvalue weighted by Crippen LogP contribution is -2.48. The van der Waals surface area contributed by atoms with Crippen molar-refractivity contribution in [2.45, 2.75) is 52.4 Å². The number of carbonyl (C=O) groups excluding carboxylic acids is 2. The van der Waals surface area contributed by atoms with E-state index in [0.717, 1.165) is 47.6 Å². The summed E-state index contributed by atoms with van der Waals surface area (Å²) in [7, 11) is 1.65. The van der Waals surface area contributed by atoms with Crippen molar-refractivity contribution in [3.05, 3.63) is 41.5 Å². The first-order valence-corrected chi connectivity index (χ1v) is 11.0. The molecule has 2 heterocycles. The van der Waals surface area contributed by atoms with E-state index in [0.29, 0.717) is 29.4 Å². The maximum Gasteiger partial charge on any atom is 0.342 e. The van der Waals surface area contributed by atoms with E-state index in [4.69, 9.17) is 13.9 Å². The van der Waals surface area contributed by atoms with Gasteiger partial charge in [-0.05, 0) is 62.3 Å². The molecule has 2 aliphatic rings. The van der Waals surface area contributed by atoms with Gasteiger partial charge in [0.05, 0.1) is 17.9 Å². The largest absolute Gasteiger partial charge is 0.456 e. The molecule has 2 aromatic carbocycles. The topological polar surface area (TPSA) is 69.0 Å². The molecule has 1 aromatic heterocycles. The smallest absolute Gasteiger partial charge is 0.342 e. The van der Waals surface area contributed by atoms with E-state index >= 15 is 0 Å². The summed E-state index contributed by atoms with van der Waals surface area (Å²) in [6, 6.07) is 9.57. The Bertz CT molecular complexity index is 1170. The predicted octanol–water partition coefficient (Wildman–Crippen LogP) is 5.41. The second-order valence-corrected chi connectivity index (χ2v) is 8.90. The zero-order valence-corrected chi connectivity index (χ0v) is 18.1. The van der Waals surface area contributed by atoms with E-state index in [1.54, 1.807) is 25.0 Å². The monoisotopic (exact) mass is 421 g/mol. The summed E-state index contributed by atoms with van der Waals surface area (Å²) in [5, 5.41) is 1.83. The van der Waals surface area contributed by atoms with Crippen LogP contribution < -0.4 is 4.90 Å². The van der Waals surface area contributed by atoms with E-state index in [-0.39, 0.29) is 11.8 Å². The van der Waals surface area contributed by atoms with Crippen LogP contribution in [0.2, 0.25) is 0 Å². The molecule has 0 spiro atoms. The van der Waals surface area contributed by atoms with Crippen molar-refractivity contribution < 1.29 is 23.5 Å². The highest BCUT2D eigenvalue weighted by Gasteiger charge is 2.38. The SMILES string of the molecule is COCc1ccc2c(c1)oc1cc3c(cc12)N(C(=O)[C@H]1CC[C@H](C)CC1)C(C)OC3=O. The lowest BCUT2D eigenvalue weighted by atomic mass is 9.82. The number of benzene rings is 2. The minimum absolute atomic E-state index is 0.0308. The van der Waals surface area contributed by atoms with Crippen LogP contribution in [0.25, 0.3) is 21.9 Å². The zero-order valence-electron chi connectivity index (χ0n) is 18.1. The fraction of sp³-hybridized carbons (Fsp3) is 0.440. The number of hydrogen-bond acceptors (Lipinski definition) is 5. The summed E-state index contributed by atoms with van der Waals surface area (Å²) < 4.78 is 16.8. The van der Waals surface area contributed by atoms with E-state index in [1.807, 2.05) is 24.3 Å². The third-order valence-corrected chi connectivity index (χ3v) is 6.69. The molecule has 1 aliphatic carbocycles. The molecule has 3 aromatic rings. The molecule has 1 amide bonds. The Morgan fingerprint density at radius 2 is 1.81 bits per heavy atom. The molecule has 0 radical (unpaired) electrons. The number of ether oxygens (including phenoxy) is 2. The van der Waals surface area contributed by atoms with Crippen LogP contribution in [0.1, 0.15) is 55.5 Å². The summed E-state index contributed by atoms with van der Waals surface area (Å²) >= 11 is 0.